The average molecular weight is 266 g/mol. The maximum absolute atomic E-state index is 12.5. The summed E-state index contributed by atoms with van der Waals surface area (Å²) in [6.45, 7) is 4.52. The van der Waals surface area contributed by atoms with Gasteiger partial charge in [-0.15, -0.1) is 0 Å². The molecule has 106 valence electrons. The Balaban J connectivity index is 1.67. The second-order valence-corrected chi connectivity index (χ2v) is 5.95. The Morgan fingerprint density at radius 1 is 1.32 bits per heavy atom. The molecule has 5 nitrogen and oxygen atoms in total. The lowest BCUT2D eigenvalue weighted by molar-refractivity contribution is -0.158. The fourth-order valence-corrected chi connectivity index (χ4v) is 3.20. The van der Waals surface area contributed by atoms with E-state index in [2.05, 4.69) is 5.32 Å². The fraction of sp³-hybridized carbons (Fsp3) is 0.857. The van der Waals surface area contributed by atoms with Gasteiger partial charge >= 0.3 is 0 Å². The summed E-state index contributed by atoms with van der Waals surface area (Å²) < 4.78 is 5.54. The smallest absolute Gasteiger partial charge is 0.246 e. The zero-order chi connectivity index (χ0) is 13.6. The molecule has 2 atom stereocenters. The monoisotopic (exact) mass is 266 g/mol. The molecular weight excluding hydrogens is 244 g/mol. The third-order valence-electron chi connectivity index (χ3n) is 4.57. The molecule has 2 amide bonds. The summed E-state index contributed by atoms with van der Waals surface area (Å²) >= 11 is 0. The molecule has 0 aromatic heterocycles. The molecule has 3 aliphatic rings. The summed E-state index contributed by atoms with van der Waals surface area (Å²) in [5, 5.41) is 2.89. The van der Waals surface area contributed by atoms with Crippen molar-refractivity contribution >= 4 is 11.8 Å². The molecule has 1 heterocycles. The summed E-state index contributed by atoms with van der Waals surface area (Å²) in [5.74, 6) is 0.486. The van der Waals surface area contributed by atoms with Gasteiger partial charge in [0.15, 0.2) is 0 Å². The standard InChI is InChI=1S/C14H22N2O3/c1-3-19-11-6-10(7-11)16-8(2)13(17)15-12(14(16)18)9-4-5-9/h8-12H,3-7H2,1-2H3,(H,15,17). The highest BCUT2D eigenvalue weighted by molar-refractivity contribution is 5.97. The Morgan fingerprint density at radius 3 is 2.58 bits per heavy atom. The third-order valence-corrected chi connectivity index (χ3v) is 4.57. The van der Waals surface area contributed by atoms with Crippen molar-refractivity contribution in [3.63, 3.8) is 0 Å². The lowest BCUT2D eigenvalue weighted by Gasteiger charge is -2.48. The molecule has 0 aromatic rings. The second kappa shape index (κ2) is 4.78. The number of hydrogen-bond acceptors (Lipinski definition) is 3. The normalized spacial score (nSPS) is 38.9. The van der Waals surface area contributed by atoms with Crippen LogP contribution in [0.2, 0.25) is 0 Å². The zero-order valence-electron chi connectivity index (χ0n) is 11.6. The van der Waals surface area contributed by atoms with Crippen LogP contribution in [0.25, 0.3) is 0 Å². The molecule has 1 aliphatic heterocycles. The Labute approximate surface area is 113 Å². The molecule has 3 rings (SSSR count). The first kappa shape index (κ1) is 12.9. The van der Waals surface area contributed by atoms with E-state index in [-0.39, 0.29) is 36.0 Å². The van der Waals surface area contributed by atoms with Crippen molar-refractivity contribution < 1.29 is 14.3 Å². The molecule has 19 heavy (non-hydrogen) atoms. The Kier molecular flexibility index (Phi) is 3.25. The van der Waals surface area contributed by atoms with Gasteiger partial charge in [-0.3, -0.25) is 9.59 Å². The molecule has 1 saturated heterocycles. The number of hydrogen-bond donors (Lipinski definition) is 1. The lowest BCUT2D eigenvalue weighted by Crippen LogP contribution is -2.67. The zero-order valence-corrected chi connectivity index (χ0v) is 11.6. The highest BCUT2D eigenvalue weighted by atomic mass is 16.5. The van der Waals surface area contributed by atoms with Gasteiger partial charge in [-0.05, 0) is 45.4 Å². The third kappa shape index (κ3) is 2.24. The molecular formula is C14H22N2O3. The maximum Gasteiger partial charge on any atom is 0.246 e. The van der Waals surface area contributed by atoms with Crippen molar-refractivity contribution in [1.29, 1.82) is 0 Å². The van der Waals surface area contributed by atoms with Crippen LogP contribution in [-0.2, 0) is 14.3 Å². The van der Waals surface area contributed by atoms with E-state index in [1.54, 1.807) is 0 Å². The van der Waals surface area contributed by atoms with Crippen molar-refractivity contribution in [2.75, 3.05) is 6.61 Å². The van der Waals surface area contributed by atoms with Gasteiger partial charge in [-0.2, -0.15) is 0 Å². The van der Waals surface area contributed by atoms with Crippen LogP contribution in [0, 0.1) is 5.92 Å². The topological polar surface area (TPSA) is 58.6 Å². The number of carbonyl (C=O) groups is 2. The van der Waals surface area contributed by atoms with Crippen molar-refractivity contribution in [2.45, 2.75) is 63.8 Å². The number of rotatable bonds is 4. The van der Waals surface area contributed by atoms with Crippen molar-refractivity contribution in [3.05, 3.63) is 0 Å². The minimum Gasteiger partial charge on any atom is -0.378 e. The molecule has 5 heteroatoms. The van der Waals surface area contributed by atoms with E-state index in [1.165, 1.54) is 0 Å². The van der Waals surface area contributed by atoms with E-state index in [1.807, 2.05) is 18.7 Å². The van der Waals surface area contributed by atoms with Gasteiger partial charge in [0.25, 0.3) is 0 Å². The van der Waals surface area contributed by atoms with E-state index in [9.17, 15) is 9.59 Å². The van der Waals surface area contributed by atoms with E-state index in [0.29, 0.717) is 12.5 Å². The van der Waals surface area contributed by atoms with Crippen LogP contribution in [-0.4, -0.2) is 47.6 Å². The van der Waals surface area contributed by atoms with E-state index in [4.69, 9.17) is 4.74 Å². The van der Waals surface area contributed by atoms with Crippen molar-refractivity contribution in [1.82, 2.24) is 10.2 Å². The van der Waals surface area contributed by atoms with Gasteiger partial charge in [0, 0.05) is 12.6 Å². The van der Waals surface area contributed by atoms with Crippen LogP contribution in [0.1, 0.15) is 39.5 Å². The Morgan fingerprint density at radius 2 is 2.00 bits per heavy atom. The predicted octanol–water partition coefficient (Wildman–Crippen LogP) is 0.679. The summed E-state index contributed by atoms with van der Waals surface area (Å²) in [6.07, 6.45) is 4.12. The van der Waals surface area contributed by atoms with Gasteiger partial charge in [-0.25, -0.2) is 0 Å². The number of nitrogens with one attached hydrogen (secondary N) is 1. The molecule has 0 bridgehead atoms. The minimum absolute atomic E-state index is 0.00337. The van der Waals surface area contributed by atoms with Gasteiger partial charge in [0.1, 0.15) is 12.1 Å². The van der Waals surface area contributed by atoms with Gasteiger partial charge in [0.2, 0.25) is 11.8 Å². The number of ether oxygens (including phenoxy) is 1. The average Bonchev–Trinajstić information content (AvgIpc) is 3.14. The van der Waals surface area contributed by atoms with Crippen LogP contribution >= 0.6 is 0 Å². The largest absolute Gasteiger partial charge is 0.378 e. The SMILES string of the molecule is CCOC1CC(N2C(=O)C(C3CC3)NC(=O)C2C)C1. The maximum atomic E-state index is 12.5. The minimum atomic E-state index is -0.338. The van der Waals surface area contributed by atoms with E-state index < -0.39 is 0 Å². The van der Waals surface area contributed by atoms with Crippen LogP contribution in [0.3, 0.4) is 0 Å². The first-order valence-electron chi connectivity index (χ1n) is 7.36. The van der Waals surface area contributed by atoms with Gasteiger partial charge in [-0.1, -0.05) is 0 Å². The summed E-state index contributed by atoms with van der Waals surface area (Å²) in [7, 11) is 0. The van der Waals surface area contributed by atoms with E-state index >= 15 is 0 Å². The number of nitrogens with zero attached hydrogens (tertiary/aromatic N) is 1. The summed E-state index contributed by atoms with van der Waals surface area (Å²) in [6, 6.07) is -0.420. The molecule has 0 aromatic carbocycles. The first-order valence-corrected chi connectivity index (χ1v) is 7.36. The summed E-state index contributed by atoms with van der Waals surface area (Å²) in [5.41, 5.74) is 0. The van der Waals surface area contributed by atoms with Crippen LogP contribution in [0.15, 0.2) is 0 Å². The molecule has 3 fully saturated rings. The van der Waals surface area contributed by atoms with E-state index in [0.717, 1.165) is 25.7 Å². The highest BCUT2D eigenvalue weighted by Crippen LogP contribution is 2.38. The van der Waals surface area contributed by atoms with Crippen molar-refractivity contribution in [3.8, 4) is 0 Å². The quantitative estimate of drug-likeness (QED) is 0.814. The fourth-order valence-electron chi connectivity index (χ4n) is 3.20. The van der Waals surface area contributed by atoms with Gasteiger partial charge < -0.3 is 15.0 Å². The van der Waals surface area contributed by atoms with Gasteiger partial charge in [0.05, 0.1) is 6.10 Å². The van der Waals surface area contributed by atoms with Crippen molar-refractivity contribution in [2.24, 2.45) is 5.92 Å². The molecule has 0 spiro atoms. The molecule has 2 saturated carbocycles. The number of carbonyl (C=O) groups excluding carboxylic acids is 2. The molecule has 0 radical (unpaired) electrons. The highest BCUT2D eigenvalue weighted by Gasteiger charge is 2.49. The Hall–Kier alpha value is -1.10. The molecule has 2 aliphatic carbocycles. The lowest BCUT2D eigenvalue weighted by atomic mass is 9.85. The van der Waals surface area contributed by atoms with Crippen LogP contribution in [0.5, 0.6) is 0 Å². The summed E-state index contributed by atoms with van der Waals surface area (Å²) in [4.78, 5) is 26.4. The molecule has 1 N–H and O–H groups in total. The van der Waals surface area contributed by atoms with Crippen LogP contribution in [0.4, 0.5) is 0 Å². The number of piperazine rings is 1. The Bertz CT molecular complexity index is 388. The number of amides is 2. The first-order chi connectivity index (χ1) is 9.11. The van der Waals surface area contributed by atoms with Crippen LogP contribution < -0.4 is 5.32 Å². The molecule has 2 unspecified atom stereocenters. The second-order valence-electron chi connectivity index (χ2n) is 5.95. The predicted molar refractivity (Wildman–Crippen MR) is 69.4 cm³/mol.